The van der Waals surface area contributed by atoms with Crippen LogP contribution in [0.2, 0.25) is 5.02 Å². The molecule has 1 heterocycles. The summed E-state index contributed by atoms with van der Waals surface area (Å²) in [5.74, 6) is 0. The van der Waals surface area contributed by atoms with E-state index in [2.05, 4.69) is 39.8 Å². The van der Waals surface area contributed by atoms with Crippen LogP contribution in [0.15, 0.2) is 24.3 Å². The zero-order valence-corrected chi connectivity index (χ0v) is 12.8. The standard InChI is InChI=1S/C15H20BClO2/c1-13(2)14(3,4)19-16(18-13)15(9-10-15)11-5-7-12(17)8-6-11/h5-8H,9-10H2,1-4H3. The molecule has 1 saturated carbocycles. The normalized spacial score (nSPS) is 26.5. The zero-order valence-electron chi connectivity index (χ0n) is 12.0. The number of hydrogen-bond acceptors (Lipinski definition) is 2. The third-order valence-electron chi connectivity index (χ3n) is 4.91. The van der Waals surface area contributed by atoms with Gasteiger partial charge in [-0.05, 0) is 58.2 Å². The highest BCUT2D eigenvalue weighted by Gasteiger charge is 2.64. The van der Waals surface area contributed by atoms with Gasteiger partial charge in [-0.15, -0.1) is 0 Å². The summed E-state index contributed by atoms with van der Waals surface area (Å²) in [7, 11) is -0.154. The van der Waals surface area contributed by atoms with Crippen molar-refractivity contribution in [1.29, 1.82) is 0 Å². The summed E-state index contributed by atoms with van der Waals surface area (Å²) in [5, 5.41) is 0.795. The minimum atomic E-state index is -0.264. The van der Waals surface area contributed by atoms with Crippen LogP contribution in [0, 0.1) is 0 Å². The van der Waals surface area contributed by atoms with Gasteiger partial charge in [0.2, 0.25) is 0 Å². The molecule has 4 heteroatoms. The minimum absolute atomic E-state index is 0.0234. The van der Waals surface area contributed by atoms with Crippen LogP contribution in [-0.4, -0.2) is 18.3 Å². The van der Waals surface area contributed by atoms with Crippen LogP contribution in [-0.2, 0) is 14.6 Å². The highest BCUT2D eigenvalue weighted by atomic mass is 35.5. The Balaban J connectivity index is 1.89. The molecular formula is C15H20BClO2. The molecule has 2 aliphatic rings. The van der Waals surface area contributed by atoms with Crippen molar-refractivity contribution in [3.63, 3.8) is 0 Å². The third kappa shape index (κ3) is 2.03. The van der Waals surface area contributed by atoms with Gasteiger partial charge in [-0.3, -0.25) is 0 Å². The summed E-state index contributed by atoms with van der Waals surface area (Å²) >= 11 is 5.97. The highest BCUT2D eigenvalue weighted by Crippen LogP contribution is 2.55. The largest absolute Gasteiger partial charge is 0.469 e. The highest BCUT2D eigenvalue weighted by molar-refractivity contribution is 6.51. The molecule has 0 atom stereocenters. The van der Waals surface area contributed by atoms with E-state index in [-0.39, 0.29) is 23.6 Å². The summed E-state index contributed by atoms with van der Waals surface area (Å²) < 4.78 is 12.4. The lowest BCUT2D eigenvalue weighted by molar-refractivity contribution is 0.00578. The summed E-state index contributed by atoms with van der Waals surface area (Å²) in [6.07, 6.45) is 2.23. The monoisotopic (exact) mass is 278 g/mol. The first kappa shape index (κ1) is 13.5. The summed E-state index contributed by atoms with van der Waals surface area (Å²) in [6, 6.07) is 8.09. The molecule has 0 aromatic heterocycles. The van der Waals surface area contributed by atoms with Gasteiger partial charge in [0.05, 0.1) is 11.2 Å². The average Bonchev–Trinajstić information content (AvgIpc) is 3.05. The second-order valence-electron chi connectivity index (χ2n) is 6.75. The molecule has 1 aromatic rings. The van der Waals surface area contributed by atoms with Crippen molar-refractivity contribution in [3.05, 3.63) is 34.9 Å². The van der Waals surface area contributed by atoms with Crippen LogP contribution in [0.1, 0.15) is 46.1 Å². The van der Waals surface area contributed by atoms with Crippen molar-refractivity contribution < 1.29 is 9.31 Å². The Kier molecular flexibility index (Phi) is 2.84. The maximum Gasteiger partial charge on any atom is 0.469 e. The van der Waals surface area contributed by atoms with E-state index in [1.54, 1.807) is 0 Å². The first-order valence-electron chi connectivity index (χ1n) is 6.89. The first-order chi connectivity index (χ1) is 8.77. The Hall–Kier alpha value is -0.505. The fourth-order valence-electron chi connectivity index (χ4n) is 2.65. The molecule has 3 rings (SSSR count). The quantitative estimate of drug-likeness (QED) is 0.761. The molecule has 0 N–H and O–H groups in total. The maximum atomic E-state index is 6.22. The maximum absolute atomic E-state index is 6.22. The van der Waals surface area contributed by atoms with Gasteiger partial charge in [-0.25, -0.2) is 0 Å². The van der Waals surface area contributed by atoms with E-state index in [0.717, 1.165) is 17.9 Å². The van der Waals surface area contributed by atoms with E-state index in [9.17, 15) is 0 Å². The topological polar surface area (TPSA) is 18.5 Å². The summed E-state index contributed by atoms with van der Waals surface area (Å²) in [5.41, 5.74) is 0.745. The van der Waals surface area contributed by atoms with Gasteiger partial charge in [0.1, 0.15) is 0 Å². The van der Waals surface area contributed by atoms with Crippen LogP contribution in [0.4, 0.5) is 0 Å². The van der Waals surface area contributed by atoms with Crippen molar-refractivity contribution in [2.45, 2.75) is 57.1 Å². The van der Waals surface area contributed by atoms with Crippen molar-refractivity contribution in [1.82, 2.24) is 0 Å². The molecule has 0 radical (unpaired) electrons. The zero-order chi connectivity index (χ0) is 13.9. The van der Waals surface area contributed by atoms with Crippen LogP contribution < -0.4 is 0 Å². The molecular weight excluding hydrogens is 258 g/mol. The fraction of sp³-hybridized carbons (Fsp3) is 0.600. The molecule has 2 fully saturated rings. The molecule has 1 aliphatic carbocycles. The van der Waals surface area contributed by atoms with Gasteiger partial charge in [-0.2, -0.15) is 0 Å². The Labute approximate surface area is 120 Å². The smallest absolute Gasteiger partial charge is 0.403 e. The van der Waals surface area contributed by atoms with Crippen LogP contribution >= 0.6 is 11.6 Å². The van der Waals surface area contributed by atoms with Gasteiger partial charge in [0.25, 0.3) is 0 Å². The van der Waals surface area contributed by atoms with Gasteiger partial charge in [0, 0.05) is 10.3 Å². The third-order valence-corrected chi connectivity index (χ3v) is 5.16. The van der Waals surface area contributed by atoms with Gasteiger partial charge in [-0.1, -0.05) is 23.7 Å². The van der Waals surface area contributed by atoms with Crippen molar-refractivity contribution in [2.24, 2.45) is 0 Å². The van der Waals surface area contributed by atoms with E-state index in [0.29, 0.717) is 0 Å². The van der Waals surface area contributed by atoms with Crippen LogP contribution in [0.5, 0.6) is 0 Å². The van der Waals surface area contributed by atoms with E-state index in [1.807, 2.05) is 12.1 Å². The molecule has 1 saturated heterocycles. The van der Waals surface area contributed by atoms with Crippen LogP contribution in [0.25, 0.3) is 0 Å². The fourth-order valence-corrected chi connectivity index (χ4v) is 2.77. The summed E-state index contributed by atoms with van der Waals surface area (Å²) in [4.78, 5) is 0. The number of rotatable bonds is 2. The Bertz CT molecular complexity index is 475. The molecule has 0 bridgehead atoms. The van der Waals surface area contributed by atoms with E-state index in [4.69, 9.17) is 20.9 Å². The van der Waals surface area contributed by atoms with Crippen LogP contribution in [0.3, 0.4) is 0 Å². The van der Waals surface area contributed by atoms with Gasteiger partial charge >= 0.3 is 7.12 Å². The molecule has 0 unspecified atom stereocenters. The second kappa shape index (κ2) is 4.00. The molecule has 19 heavy (non-hydrogen) atoms. The lowest BCUT2D eigenvalue weighted by atomic mass is 9.64. The number of halogens is 1. The lowest BCUT2D eigenvalue weighted by Crippen LogP contribution is -2.41. The van der Waals surface area contributed by atoms with E-state index < -0.39 is 0 Å². The van der Waals surface area contributed by atoms with Crippen molar-refractivity contribution in [3.8, 4) is 0 Å². The average molecular weight is 279 g/mol. The SMILES string of the molecule is CC1(C)OB(C2(c3ccc(Cl)cc3)CC2)OC1(C)C. The Morgan fingerprint density at radius 2 is 1.42 bits per heavy atom. The molecule has 2 nitrogen and oxygen atoms in total. The molecule has 0 amide bonds. The number of benzene rings is 1. The minimum Gasteiger partial charge on any atom is -0.403 e. The Morgan fingerprint density at radius 3 is 1.84 bits per heavy atom. The molecule has 1 aromatic carbocycles. The van der Waals surface area contributed by atoms with E-state index in [1.165, 1.54) is 5.56 Å². The van der Waals surface area contributed by atoms with Crippen molar-refractivity contribution >= 4 is 18.7 Å². The second-order valence-corrected chi connectivity index (χ2v) is 7.19. The Morgan fingerprint density at radius 1 is 0.947 bits per heavy atom. The predicted octanol–water partition coefficient (Wildman–Crippen LogP) is 4.00. The molecule has 102 valence electrons. The summed E-state index contributed by atoms with van der Waals surface area (Å²) in [6.45, 7) is 8.41. The molecule has 1 aliphatic heterocycles. The van der Waals surface area contributed by atoms with E-state index >= 15 is 0 Å². The van der Waals surface area contributed by atoms with Crippen molar-refractivity contribution in [2.75, 3.05) is 0 Å². The molecule has 0 spiro atoms. The predicted molar refractivity (Wildman–Crippen MR) is 78.4 cm³/mol. The number of hydrogen-bond donors (Lipinski definition) is 0. The van der Waals surface area contributed by atoms with Gasteiger partial charge in [0.15, 0.2) is 0 Å². The first-order valence-corrected chi connectivity index (χ1v) is 7.26. The van der Waals surface area contributed by atoms with Gasteiger partial charge < -0.3 is 9.31 Å². The lowest BCUT2D eigenvalue weighted by Gasteiger charge is -2.32.